The monoisotopic (exact) mass is 285 g/mol. The van der Waals surface area contributed by atoms with Crippen LogP contribution in [0.1, 0.15) is 19.8 Å². The summed E-state index contributed by atoms with van der Waals surface area (Å²) >= 11 is 3.33. The van der Waals surface area contributed by atoms with Crippen LogP contribution >= 0.6 is 15.9 Å². The molecule has 1 aromatic rings. The third-order valence-corrected chi connectivity index (χ3v) is 2.93. The van der Waals surface area contributed by atoms with E-state index in [1.807, 2.05) is 13.0 Å². The molecule has 88 valence electrons. The lowest BCUT2D eigenvalue weighted by Crippen LogP contribution is -2.29. The lowest BCUT2D eigenvalue weighted by molar-refractivity contribution is -0.119. The zero-order chi connectivity index (χ0) is 12.0. The zero-order valence-electron chi connectivity index (χ0n) is 9.24. The molecule has 0 spiro atoms. The number of rotatable bonds is 5. The van der Waals surface area contributed by atoms with Crippen molar-refractivity contribution < 1.29 is 4.79 Å². The van der Waals surface area contributed by atoms with E-state index in [1.165, 1.54) is 0 Å². The topological polar surface area (TPSA) is 68.0 Å². The molecule has 1 atom stereocenters. The summed E-state index contributed by atoms with van der Waals surface area (Å²) in [6.07, 6.45) is 3.38. The first kappa shape index (κ1) is 13.1. The largest absolute Gasteiger partial charge is 0.330 e. The zero-order valence-corrected chi connectivity index (χ0v) is 10.8. The average molecular weight is 286 g/mol. The first-order chi connectivity index (χ1) is 7.69. The molecular weight excluding hydrogens is 270 g/mol. The molecule has 0 radical (unpaired) electrons. The highest BCUT2D eigenvalue weighted by molar-refractivity contribution is 9.10. The average Bonchev–Trinajstić information content (AvgIpc) is 2.29. The Morgan fingerprint density at radius 1 is 1.69 bits per heavy atom. The fourth-order valence-corrected chi connectivity index (χ4v) is 1.75. The van der Waals surface area contributed by atoms with E-state index in [-0.39, 0.29) is 11.8 Å². The summed E-state index contributed by atoms with van der Waals surface area (Å²) in [4.78, 5) is 15.9. The quantitative estimate of drug-likeness (QED) is 0.871. The van der Waals surface area contributed by atoms with Gasteiger partial charge in [-0.25, -0.2) is 4.98 Å². The van der Waals surface area contributed by atoms with Crippen molar-refractivity contribution in [3.63, 3.8) is 0 Å². The van der Waals surface area contributed by atoms with Crippen molar-refractivity contribution in [1.29, 1.82) is 0 Å². The Kier molecular flexibility index (Phi) is 5.42. The number of anilines is 1. The molecule has 0 saturated heterocycles. The number of hydrogen-bond acceptors (Lipinski definition) is 3. The molecule has 4 nitrogen and oxygen atoms in total. The Bertz CT molecular complexity index is 357. The predicted octanol–water partition coefficient (Wildman–Crippen LogP) is 2.16. The van der Waals surface area contributed by atoms with Gasteiger partial charge in [0.25, 0.3) is 0 Å². The van der Waals surface area contributed by atoms with Gasteiger partial charge in [0.1, 0.15) is 5.82 Å². The maximum absolute atomic E-state index is 11.8. The van der Waals surface area contributed by atoms with Crippen LogP contribution in [-0.2, 0) is 4.79 Å². The van der Waals surface area contributed by atoms with Gasteiger partial charge in [-0.3, -0.25) is 4.79 Å². The number of nitrogens with two attached hydrogens (primary N) is 1. The lowest BCUT2D eigenvalue weighted by Gasteiger charge is -2.13. The highest BCUT2D eigenvalue weighted by Gasteiger charge is 2.16. The van der Waals surface area contributed by atoms with Gasteiger partial charge in [0.2, 0.25) is 5.91 Å². The minimum absolute atomic E-state index is 0.0660. The number of nitrogens with zero attached hydrogens (tertiary/aromatic N) is 1. The third-order valence-electron chi connectivity index (χ3n) is 2.29. The van der Waals surface area contributed by atoms with Crippen LogP contribution in [0.2, 0.25) is 0 Å². The molecule has 0 bridgehead atoms. The van der Waals surface area contributed by atoms with E-state index in [1.54, 1.807) is 12.3 Å². The highest BCUT2D eigenvalue weighted by Crippen LogP contribution is 2.19. The molecule has 1 amide bonds. The lowest BCUT2D eigenvalue weighted by atomic mass is 10.0. The molecule has 1 unspecified atom stereocenters. The number of nitrogens with one attached hydrogen (secondary N) is 1. The Hall–Kier alpha value is -0.940. The molecule has 0 saturated carbocycles. The molecule has 3 N–H and O–H groups in total. The van der Waals surface area contributed by atoms with Crippen molar-refractivity contribution in [2.75, 3.05) is 11.9 Å². The molecular formula is C11H16BrN3O. The van der Waals surface area contributed by atoms with Crippen molar-refractivity contribution in [3.05, 3.63) is 22.8 Å². The molecule has 0 aliphatic carbocycles. The second-order valence-corrected chi connectivity index (χ2v) is 4.40. The van der Waals surface area contributed by atoms with Crippen LogP contribution < -0.4 is 11.1 Å². The van der Waals surface area contributed by atoms with Gasteiger partial charge in [-0.2, -0.15) is 0 Å². The van der Waals surface area contributed by atoms with Crippen LogP contribution in [0.3, 0.4) is 0 Å². The number of carbonyl (C=O) groups is 1. The SMILES string of the molecule is CCCC(CN)C(=O)Nc1ncccc1Br. The summed E-state index contributed by atoms with van der Waals surface area (Å²) in [5.74, 6) is 0.338. The molecule has 0 aliphatic heterocycles. The van der Waals surface area contributed by atoms with Crippen molar-refractivity contribution in [1.82, 2.24) is 4.98 Å². The minimum Gasteiger partial charge on any atom is -0.330 e. The van der Waals surface area contributed by atoms with Crippen molar-refractivity contribution in [2.24, 2.45) is 11.7 Å². The third kappa shape index (κ3) is 3.57. The fourth-order valence-electron chi connectivity index (χ4n) is 1.40. The van der Waals surface area contributed by atoms with Crippen LogP contribution in [0.25, 0.3) is 0 Å². The molecule has 0 fully saturated rings. The molecule has 0 aliphatic rings. The summed E-state index contributed by atoms with van der Waals surface area (Å²) in [7, 11) is 0. The molecule has 1 heterocycles. The maximum atomic E-state index is 11.8. The second kappa shape index (κ2) is 6.60. The number of amides is 1. The van der Waals surface area contributed by atoms with E-state index in [2.05, 4.69) is 26.2 Å². The summed E-state index contributed by atoms with van der Waals surface area (Å²) in [5, 5.41) is 2.77. The van der Waals surface area contributed by atoms with Gasteiger partial charge in [-0.15, -0.1) is 0 Å². The Morgan fingerprint density at radius 3 is 3.00 bits per heavy atom. The molecule has 1 rings (SSSR count). The Morgan fingerprint density at radius 2 is 2.44 bits per heavy atom. The van der Waals surface area contributed by atoms with Crippen LogP contribution in [-0.4, -0.2) is 17.4 Å². The summed E-state index contributed by atoms with van der Waals surface area (Å²) in [6, 6.07) is 3.63. The van der Waals surface area contributed by atoms with Crippen molar-refractivity contribution in [3.8, 4) is 0 Å². The standard InChI is InChI=1S/C11H16BrN3O/c1-2-4-8(7-13)11(16)15-10-9(12)5-3-6-14-10/h3,5-6,8H,2,4,7,13H2,1H3,(H,14,15,16). The molecule has 16 heavy (non-hydrogen) atoms. The van der Waals surface area contributed by atoms with Crippen molar-refractivity contribution >= 4 is 27.7 Å². The van der Waals surface area contributed by atoms with E-state index in [0.29, 0.717) is 12.4 Å². The summed E-state index contributed by atoms with van der Waals surface area (Å²) in [5.41, 5.74) is 5.56. The number of aromatic nitrogens is 1. The van der Waals surface area contributed by atoms with E-state index >= 15 is 0 Å². The van der Waals surface area contributed by atoms with Gasteiger partial charge >= 0.3 is 0 Å². The van der Waals surface area contributed by atoms with E-state index < -0.39 is 0 Å². The van der Waals surface area contributed by atoms with E-state index in [9.17, 15) is 4.79 Å². The van der Waals surface area contributed by atoms with Crippen molar-refractivity contribution in [2.45, 2.75) is 19.8 Å². The van der Waals surface area contributed by atoms with E-state index in [4.69, 9.17) is 5.73 Å². The van der Waals surface area contributed by atoms with Crippen LogP contribution in [0.5, 0.6) is 0 Å². The van der Waals surface area contributed by atoms with Gasteiger partial charge in [0.15, 0.2) is 0 Å². The summed E-state index contributed by atoms with van der Waals surface area (Å²) in [6.45, 7) is 2.40. The fraction of sp³-hybridized carbons (Fsp3) is 0.455. The van der Waals surface area contributed by atoms with Crippen LogP contribution in [0, 0.1) is 5.92 Å². The van der Waals surface area contributed by atoms with Crippen LogP contribution in [0.4, 0.5) is 5.82 Å². The number of carbonyl (C=O) groups excluding carboxylic acids is 1. The van der Waals surface area contributed by atoms with E-state index in [0.717, 1.165) is 17.3 Å². The second-order valence-electron chi connectivity index (χ2n) is 3.54. The van der Waals surface area contributed by atoms with Crippen LogP contribution in [0.15, 0.2) is 22.8 Å². The smallest absolute Gasteiger partial charge is 0.229 e. The maximum Gasteiger partial charge on any atom is 0.229 e. The van der Waals surface area contributed by atoms with Gasteiger partial charge in [0, 0.05) is 12.7 Å². The van der Waals surface area contributed by atoms with Gasteiger partial charge in [0.05, 0.1) is 10.4 Å². The first-order valence-corrected chi connectivity index (χ1v) is 6.09. The number of pyridine rings is 1. The molecule has 0 aromatic carbocycles. The molecule has 1 aromatic heterocycles. The van der Waals surface area contributed by atoms with Gasteiger partial charge < -0.3 is 11.1 Å². The normalized spacial score (nSPS) is 12.2. The predicted molar refractivity (Wildman–Crippen MR) is 68.0 cm³/mol. The number of hydrogen-bond donors (Lipinski definition) is 2. The Balaban J connectivity index is 2.66. The minimum atomic E-state index is -0.140. The summed E-state index contributed by atoms with van der Waals surface area (Å²) < 4.78 is 0.774. The highest BCUT2D eigenvalue weighted by atomic mass is 79.9. The Labute approximate surface area is 104 Å². The van der Waals surface area contributed by atoms with Gasteiger partial charge in [-0.1, -0.05) is 13.3 Å². The van der Waals surface area contributed by atoms with Gasteiger partial charge in [-0.05, 0) is 34.5 Å². The molecule has 5 heteroatoms. The first-order valence-electron chi connectivity index (χ1n) is 5.30. The number of halogens is 1.